The van der Waals surface area contributed by atoms with Crippen molar-refractivity contribution in [3.8, 4) is 0 Å². The van der Waals surface area contributed by atoms with Crippen LogP contribution >= 0.6 is 15.9 Å². The van der Waals surface area contributed by atoms with E-state index in [1.54, 1.807) is 0 Å². The zero-order chi connectivity index (χ0) is 12.3. The molecule has 17 heavy (non-hydrogen) atoms. The van der Waals surface area contributed by atoms with Gasteiger partial charge in [0.15, 0.2) is 5.58 Å². The summed E-state index contributed by atoms with van der Waals surface area (Å²) in [4.78, 5) is 11.9. The largest absolute Gasteiger partial charge is 0.356 e. The Morgan fingerprint density at radius 2 is 2.29 bits per heavy atom. The minimum Gasteiger partial charge on any atom is -0.356 e. The van der Waals surface area contributed by atoms with E-state index < -0.39 is 0 Å². The average molecular weight is 297 g/mol. The van der Waals surface area contributed by atoms with Gasteiger partial charge in [0.05, 0.1) is 6.42 Å². The molecule has 90 valence electrons. The predicted molar refractivity (Wildman–Crippen MR) is 69.1 cm³/mol. The molecule has 2 aromatic rings. The number of aromatic nitrogens is 1. The highest BCUT2D eigenvalue weighted by Gasteiger charge is 2.11. The number of hydrogen-bond donors (Lipinski definition) is 1. The second-order valence-electron chi connectivity index (χ2n) is 3.89. The fourth-order valence-electron chi connectivity index (χ4n) is 1.53. The maximum Gasteiger partial charge on any atom is 0.226 e. The molecule has 5 heteroatoms. The summed E-state index contributed by atoms with van der Waals surface area (Å²) in [5, 5.41) is 7.63. The summed E-state index contributed by atoms with van der Waals surface area (Å²) >= 11 is 3.37. The van der Waals surface area contributed by atoms with Crippen molar-refractivity contribution in [1.29, 1.82) is 0 Å². The van der Waals surface area contributed by atoms with Gasteiger partial charge in [0, 0.05) is 16.8 Å². The number of amides is 1. The first kappa shape index (κ1) is 12.1. The van der Waals surface area contributed by atoms with Gasteiger partial charge in [-0.2, -0.15) is 0 Å². The quantitative estimate of drug-likeness (QED) is 0.881. The summed E-state index contributed by atoms with van der Waals surface area (Å²) in [6.07, 6.45) is 0.247. The lowest BCUT2D eigenvalue weighted by Gasteiger charge is -2.04. The minimum atomic E-state index is -0.0460. The third kappa shape index (κ3) is 3.06. The summed E-state index contributed by atoms with van der Waals surface area (Å²) < 4.78 is 5.14. The number of fused-ring (bicyclic) bond motifs is 1. The average Bonchev–Trinajstić information content (AvgIpc) is 2.70. The standard InChI is InChI=1S/C12H13BrN2O2/c1-8(13)7-14-12(16)6-10-9-4-2-3-5-11(9)17-15-10/h2-5,8H,6-7H2,1H3,(H,14,16). The van der Waals surface area contributed by atoms with E-state index in [1.165, 1.54) is 0 Å². The Balaban J connectivity index is 2.06. The van der Waals surface area contributed by atoms with Crippen LogP contribution < -0.4 is 5.32 Å². The lowest BCUT2D eigenvalue weighted by Crippen LogP contribution is -2.29. The van der Waals surface area contributed by atoms with Crippen LogP contribution in [0.4, 0.5) is 0 Å². The highest BCUT2D eigenvalue weighted by Crippen LogP contribution is 2.17. The molecule has 0 aliphatic heterocycles. The third-order valence-electron chi connectivity index (χ3n) is 2.36. The summed E-state index contributed by atoms with van der Waals surface area (Å²) in [6, 6.07) is 7.53. The van der Waals surface area contributed by atoms with E-state index in [9.17, 15) is 4.79 Å². The molecule has 2 rings (SSSR count). The molecule has 1 amide bonds. The fraction of sp³-hybridized carbons (Fsp3) is 0.333. The van der Waals surface area contributed by atoms with Crippen molar-refractivity contribution in [1.82, 2.24) is 10.5 Å². The molecule has 0 bridgehead atoms. The van der Waals surface area contributed by atoms with Gasteiger partial charge < -0.3 is 9.84 Å². The molecule has 0 radical (unpaired) electrons. The minimum absolute atomic E-state index is 0.0460. The van der Waals surface area contributed by atoms with Gasteiger partial charge in [-0.25, -0.2) is 0 Å². The lowest BCUT2D eigenvalue weighted by atomic mass is 10.1. The number of hydrogen-bond acceptors (Lipinski definition) is 3. The first-order valence-electron chi connectivity index (χ1n) is 5.41. The molecule has 0 saturated heterocycles. The van der Waals surface area contributed by atoms with Gasteiger partial charge in [0.2, 0.25) is 5.91 Å². The number of alkyl halides is 1. The Morgan fingerprint density at radius 3 is 3.06 bits per heavy atom. The smallest absolute Gasteiger partial charge is 0.226 e. The Bertz CT molecular complexity index is 522. The third-order valence-corrected chi connectivity index (χ3v) is 2.68. The van der Waals surface area contributed by atoms with Crippen LogP contribution in [0.3, 0.4) is 0 Å². The summed E-state index contributed by atoms with van der Waals surface area (Å²) in [5.41, 5.74) is 1.39. The zero-order valence-corrected chi connectivity index (χ0v) is 11.0. The number of para-hydroxylation sites is 1. The number of nitrogens with one attached hydrogen (secondary N) is 1. The van der Waals surface area contributed by atoms with Crippen molar-refractivity contribution in [3.63, 3.8) is 0 Å². The van der Waals surface area contributed by atoms with Crippen molar-refractivity contribution < 1.29 is 9.32 Å². The predicted octanol–water partition coefficient (Wildman–Crippen LogP) is 2.27. The first-order valence-corrected chi connectivity index (χ1v) is 6.32. The van der Waals surface area contributed by atoms with Crippen LogP contribution in [-0.4, -0.2) is 22.4 Å². The van der Waals surface area contributed by atoms with E-state index in [0.29, 0.717) is 17.8 Å². The zero-order valence-electron chi connectivity index (χ0n) is 9.44. The number of halogens is 1. The van der Waals surface area contributed by atoms with Gasteiger partial charge >= 0.3 is 0 Å². The monoisotopic (exact) mass is 296 g/mol. The fourth-order valence-corrected chi connectivity index (χ4v) is 1.70. The molecular weight excluding hydrogens is 284 g/mol. The Labute approximate surface area is 107 Å². The van der Waals surface area contributed by atoms with E-state index in [1.807, 2.05) is 31.2 Å². The molecule has 0 aliphatic carbocycles. The SMILES string of the molecule is CC(Br)CNC(=O)Cc1noc2ccccc12. The van der Waals surface area contributed by atoms with Gasteiger partial charge in [0.1, 0.15) is 5.69 Å². The van der Waals surface area contributed by atoms with Gasteiger partial charge in [0.25, 0.3) is 0 Å². The summed E-state index contributed by atoms with van der Waals surface area (Å²) in [7, 11) is 0. The van der Waals surface area contributed by atoms with Crippen LogP contribution in [0.15, 0.2) is 28.8 Å². The van der Waals surface area contributed by atoms with Gasteiger partial charge in [-0.05, 0) is 12.1 Å². The molecule has 1 heterocycles. The van der Waals surface area contributed by atoms with Crippen LogP contribution in [-0.2, 0) is 11.2 Å². The highest BCUT2D eigenvalue weighted by molar-refractivity contribution is 9.09. The van der Waals surface area contributed by atoms with Gasteiger partial charge in [-0.1, -0.05) is 40.1 Å². The van der Waals surface area contributed by atoms with E-state index in [4.69, 9.17) is 4.52 Å². The summed E-state index contributed by atoms with van der Waals surface area (Å²) in [5.74, 6) is -0.0460. The number of benzene rings is 1. The molecule has 1 unspecified atom stereocenters. The van der Waals surface area contributed by atoms with E-state index >= 15 is 0 Å². The van der Waals surface area contributed by atoms with Crippen molar-refractivity contribution in [2.24, 2.45) is 0 Å². The van der Waals surface area contributed by atoms with Crippen molar-refractivity contribution in [2.75, 3.05) is 6.54 Å². The summed E-state index contributed by atoms with van der Waals surface area (Å²) in [6.45, 7) is 2.58. The lowest BCUT2D eigenvalue weighted by molar-refractivity contribution is -0.120. The van der Waals surface area contributed by atoms with Crippen LogP contribution in [0.25, 0.3) is 11.0 Å². The number of carbonyl (C=O) groups excluding carboxylic acids is 1. The van der Waals surface area contributed by atoms with Crippen molar-refractivity contribution >= 4 is 32.8 Å². The van der Waals surface area contributed by atoms with Crippen LogP contribution in [0.5, 0.6) is 0 Å². The number of nitrogens with zero attached hydrogens (tertiary/aromatic N) is 1. The Morgan fingerprint density at radius 1 is 1.53 bits per heavy atom. The van der Waals surface area contributed by atoms with E-state index in [-0.39, 0.29) is 17.2 Å². The van der Waals surface area contributed by atoms with Crippen LogP contribution in [0.1, 0.15) is 12.6 Å². The molecule has 1 aromatic heterocycles. The Hall–Kier alpha value is -1.36. The molecule has 0 fully saturated rings. The molecule has 1 aromatic carbocycles. The first-order chi connectivity index (χ1) is 8.16. The molecule has 0 aliphatic rings. The van der Waals surface area contributed by atoms with E-state index in [2.05, 4.69) is 26.4 Å². The maximum atomic E-state index is 11.6. The van der Waals surface area contributed by atoms with Crippen molar-refractivity contribution in [2.45, 2.75) is 18.2 Å². The van der Waals surface area contributed by atoms with Crippen LogP contribution in [0.2, 0.25) is 0 Å². The van der Waals surface area contributed by atoms with E-state index in [0.717, 1.165) is 5.39 Å². The second-order valence-corrected chi connectivity index (χ2v) is 5.45. The van der Waals surface area contributed by atoms with Gasteiger partial charge in [-0.15, -0.1) is 0 Å². The maximum absolute atomic E-state index is 11.6. The molecular formula is C12H13BrN2O2. The Kier molecular flexibility index (Phi) is 3.78. The van der Waals surface area contributed by atoms with Crippen molar-refractivity contribution in [3.05, 3.63) is 30.0 Å². The molecule has 0 saturated carbocycles. The van der Waals surface area contributed by atoms with Crippen LogP contribution in [0, 0.1) is 0 Å². The topological polar surface area (TPSA) is 55.1 Å². The molecule has 4 nitrogen and oxygen atoms in total. The highest BCUT2D eigenvalue weighted by atomic mass is 79.9. The molecule has 1 N–H and O–H groups in total. The number of carbonyl (C=O) groups is 1. The number of rotatable bonds is 4. The van der Waals surface area contributed by atoms with Gasteiger partial charge in [-0.3, -0.25) is 4.79 Å². The molecule has 0 spiro atoms. The normalized spacial score (nSPS) is 12.6. The molecule has 1 atom stereocenters. The second kappa shape index (κ2) is 5.31.